The summed E-state index contributed by atoms with van der Waals surface area (Å²) in [7, 11) is 0. The van der Waals surface area contributed by atoms with E-state index in [0.29, 0.717) is 0 Å². The van der Waals surface area contributed by atoms with Gasteiger partial charge in [-0.2, -0.15) is 13.2 Å². The topological polar surface area (TPSA) is 12.0 Å². The van der Waals surface area contributed by atoms with Gasteiger partial charge < -0.3 is 5.32 Å². The highest BCUT2D eigenvalue weighted by atomic mass is 19.4. The maximum absolute atomic E-state index is 12.3. The monoisotopic (exact) mass is 183 g/mol. The Hall–Kier alpha value is -0.250. The highest BCUT2D eigenvalue weighted by molar-refractivity contribution is 4.79. The van der Waals surface area contributed by atoms with E-state index in [4.69, 9.17) is 0 Å². The molecular weight excluding hydrogens is 167 g/mol. The molecule has 0 radical (unpaired) electrons. The third-order valence-electron chi connectivity index (χ3n) is 1.53. The molecule has 12 heavy (non-hydrogen) atoms. The quantitative estimate of drug-likeness (QED) is 0.709. The Kier molecular flexibility index (Phi) is 4.03. The summed E-state index contributed by atoms with van der Waals surface area (Å²) in [4.78, 5) is 0. The molecule has 0 aromatic heterocycles. The predicted molar refractivity (Wildman–Crippen MR) is 43.0 cm³/mol. The molecule has 0 saturated heterocycles. The van der Waals surface area contributed by atoms with E-state index in [-0.39, 0.29) is 6.04 Å². The summed E-state index contributed by atoms with van der Waals surface area (Å²) in [5, 5.41) is 2.49. The SMILES string of the molecule is CC(C)NC(C(C)C)C(F)(F)F. The molecule has 0 aliphatic carbocycles. The van der Waals surface area contributed by atoms with Crippen molar-refractivity contribution >= 4 is 0 Å². The minimum absolute atomic E-state index is 0.140. The van der Waals surface area contributed by atoms with Crippen molar-refractivity contribution in [1.29, 1.82) is 0 Å². The average molecular weight is 183 g/mol. The van der Waals surface area contributed by atoms with E-state index in [2.05, 4.69) is 5.32 Å². The van der Waals surface area contributed by atoms with E-state index in [1.807, 2.05) is 0 Å². The van der Waals surface area contributed by atoms with Crippen molar-refractivity contribution < 1.29 is 13.2 Å². The lowest BCUT2D eigenvalue weighted by Gasteiger charge is -2.26. The van der Waals surface area contributed by atoms with E-state index in [1.165, 1.54) is 0 Å². The molecule has 1 nitrogen and oxygen atoms in total. The minimum atomic E-state index is -4.14. The number of halogens is 3. The fourth-order valence-electron chi connectivity index (χ4n) is 1.02. The number of nitrogens with one attached hydrogen (secondary N) is 1. The first-order valence-corrected chi connectivity index (χ1v) is 4.08. The zero-order chi connectivity index (χ0) is 9.94. The summed E-state index contributed by atoms with van der Waals surface area (Å²) in [5.41, 5.74) is 0. The number of hydrogen-bond donors (Lipinski definition) is 1. The van der Waals surface area contributed by atoms with E-state index < -0.39 is 18.1 Å². The number of hydrogen-bond acceptors (Lipinski definition) is 1. The van der Waals surface area contributed by atoms with Crippen LogP contribution in [0.5, 0.6) is 0 Å². The van der Waals surface area contributed by atoms with Crippen molar-refractivity contribution in [1.82, 2.24) is 5.32 Å². The lowest BCUT2D eigenvalue weighted by atomic mass is 10.0. The number of alkyl halides is 3. The molecule has 74 valence electrons. The van der Waals surface area contributed by atoms with Crippen molar-refractivity contribution in [3.63, 3.8) is 0 Å². The van der Waals surface area contributed by atoms with Gasteiger partial charge in [-0.1, -0.05) is 27.7 Å². The van der Waals surface area contributed by atoms with Gasteiger partial charge in [0.1, 0.15) is 6.04 Å². The standard InChI is InChI=1S/C8H16F3N/c1-5(2)7(8(9,10)11)12-6(3)4/h5-7,12H,1-4H3. The van der Waals surface area contributed by atoms with Gasteiger partial charge in [0.15, 0.2) is 0 Å². The molecule has 0 fully saturated rings. The van der Waals surface area contributed by atoms with Crippen molar-refractivity contribution in [3.8, 4) is 0 Å². The van der Waals surface area contributed by atoms with Crippen LogP contribution >= 0.6 is 0 Å². The normalized spacial score (nSPS) is 15.8. The highest BCUT2D eigenvalue weighted by Crippen LogP contribution is 2.25. The van der Waals surface area contributed by atoms with Crippen molar-refractivity contribution in [3.05, 3.63) is 0 Å². The molecule has 1 unspecified atom stereocenters. The second-order valence-electron chi connectivity index (χ2n) is 3.58. The second kappa shape index (κ2) is 4.12. The highest BCUT2D eigenvalue weighted by Gasteiger charge is 2.41. The van der Waals surface area contributed by atoms with Crippen LogP contribution in [-0.2, 0) is 0 Å². The van der Waals surface area contributed by atoms with Gasteiger partial charge in [0.2, 0.25) is 0 Å². The molecule has 0 aromatic rings. The molecule has 1 N–H and O–H groups in total. The molecule has 0 amide bonds. The Morgan fingerprint density at radius 1 is 1.00 bits per heavy atom. The molecule has 0 saturated carbocycles. The lowest BCUT2D eigenvalue weighted by molar-refractivity contribution is -0.166. The predicted octanol–water partition coefficient (Wildman–Crippen LogP) is 2.57. The summed E-state index contributed by atoms with van der Waals surface area (Å²) in [6.07, 6.45) is -4.14. The molecule has 0 aromatic carbocycles. The Bertz CT molecular complexity index is 129. The lowest BCUT2D eigenvalue weighted by Crippen LogP contribution is -2.48. The smallest absolute Gasteiger partial charge is 0.304 e. The van der Waals surface area contributed by atoms with Gasteiger partial charge >= 0.3 is 6.18 Å². The van der Waals surface area contributed by atoms with Crippen LogP contribution in [0.4, 0.5) is 13.2 Å². The average Bonchev–Trinajstić information content (AvgIpc) is 1.79. The molecule has 4 heteroatoms. The maximum Gasteiger partial charge on any atom is 0.404 e. The van der Waals surface area contributed by atoms with E-state index in [1.54, 1.807) is 27.7 Å². The van der Waals surface area contributed by atoms with Gasteiger partial charge in [-0.3, -0.25) is 0 Å². The molecule has 0 aliphatic rings. The van der Waals surface area contributed by atoms with Crippen molar-refractivity contribution in [2.75, 3.05) is 0 Å². The Morgan fingerprint density at radius 3 is 1.50 bits per heavy atom. The first-order chi connectivity index (χ1) is 5.25. The van der Waals surface area contributed by atoms with Gasteiger partial charge in [0.05, 0.1) is 0 Å². The van der Waals surface area contributed by atoms with E-state index in [9.17, 15) is 13.2 Å². The minimum Gasteiger partial charge on any atom is -0.304 e. The summed E-state index contributed by atoms with van der Waals surface area (Å²) >= 11 is 0. The molecule has 0 bridgehead atoms. The molecule has 0 heterocycles. The van der Waals surface area contributed by atoms with E-state index in [0.717, 1.165) is 0 Å². The summed E-state index contributed by atoms with van der Waals surface area (Å²) in [5.74, 6) is -0.424. The maximum atomic E-state index is 12.3. The Morgan fingerprint density at radius 2 is 1.42 bits per heavy atom. The third kappa shape index (κ3) is 3.95. The molecular formula is C8H16F3N. The summed E-state index contributed by atoms with van der Waals surface area (Å²) in [6.45, 7) is 6.54. The first-order valence-electron chi connectivity index (χ1n) is 4.08. The van der Waals surface area contributed by atoms with Crippen LogP contribution in [0.1, 0.15) is 27.7 Å². The molecule has 0 spiro atoms. The second-order valence-corrected chi connectivity index (χ2v) is 3.58. The van der Waals surface area contributed by atoms with E-state index >= 15 is 0 Å². The van der Waals surface area contributed by atoms with Crippen LogP contribution in [0.2, 0.25) is 0 Å². The van der Waals surface area contributed by atoms with Gasteiger partial charge in [0.25, 0.3) is 0 Å². The van der Waals surface area contributed by atoms with Crippen LogP contribution in [0.25, 0.3) is 0 Å². The third-order valence-corrected chi connectivity index (χ3v) is 1.53. The van der Waals surface area contributed by atoms with Crippen LogP contribution in [0.15, 0.2) is 0 Å². The van der Waals surface area contributed by atoms with Crippen LogP contribution in [-0.4, -0.2) is 18.3 Å². The van der Waals surface area contributed by atoms with Crippen LogP contribution in [0.3, 0.4) is 0 Å². The molecule has 1 atom stereocenters. The van der Waals surface area contributed by atoms with Crippen LogP contribution in [0, 0.1) is 5.92 Å². The first kappa shape index (κ1) is 11.8. The summed E-state index contributed by atoms with van der Waals surface area (Å²) in [6, 6.07) is -1.53. The fraction of sp³-hybridized carbons (Fsp3) is 1.00. The summed E-state index contributed by atoms with van der Waals surface area (Å²) < 4.78 is 36.8. The largest absolute Gasteiger partial charge is 0.404 e. The van der Waals surface area contributed by atoms with Crippen molar-refractivity contribution in [2.45, 2.75) is 46.0 Å². The zero-order valence-corrected chi connectivity index (χ0v) is 7.87. The fourth-order valence-corrected chi connectivity index (χ4v) is 1.02. The van der Waals surface area contributed by atoms with Crippen LogP contribution < -0.4 is 5.32 Å². The van der Waals surface area contributed by atoms with Gasteiger partial charge in [-0.25, -0.2) is 0 Å². The molecule has 0 rings (SSSR count). The molecule has 0 aliphatic heterocycles. The van der Waals surface area contributed by atoms with Gasteiger partial charge in [0, 0.05) is 6.04 Å². The number of rotatable bonds is 3. The van der Waals surface area contributed by atoms with Gasteiger partial charge in [-0.15, -0.1) is 0 Å². The van der Waals surface area contributed by atoms with Crippen molar-refractivity contribution in [2.24, 2.45) is 5.92 Å². The Labute approximate surface area is 71.3 Å². The Balaban J connectivity index is 4.25. The van der Waals surface area contributed by atoms with Gasteiger partial charge in [-0.05, 0) is 5.92 Å². The zero-order valence-electron chi connectivity index (χ0n) is 7.87.